The third-order valence-corrected chi connectivity index (χ3v) is 2.89. The summed E-state index contributed by atoms with van der Waals surface area (Å²) in [5.74, 6) is -0.895. The Balaban J connectivity index is 2.12. The fourth-order valence-corrected chi connectivity index (χ4v) is 1.79. The van der Waals surface area contributed by atoms with Crippen LogP contribution in [-0.2, 0) is 6.54 Å². The van der Waals surface area contributed by atoms with E-state index in [-0.39, 0.29) is 29.3 Å². The predicted octanol–water partition coefficient (Wildman–Crippen LogP) is 2.25. The molecule has 7 heteroatoms. The van der Waals surface area contributed by atoms with E-state index in [0.29, 0.717) is 5.56 Å². The molecule has 0 saturated carbocycles. The van der Waals surface area contributed by atoms with Crippen LogP contribution in [0.25, 0.3) is 0 Å². The van der Waals surface area contributed by atoms with Crippen LogP contribution < -0.4 is 11.1 Å². The van der Waals surface area contributed by atoms with Gasteiger partial charge in [-0.05, 0) is 23.8 Å². The van der Waals surface area contributed by atoms with Crippen molar-refractivity contribution in [3.05, 3.63) is 69.5 Å². The molecule has 0 aliphatic rings. The van der Waals surface area contributed by atoms with Crippen LogP contribution in [0.15, 0.2) is 42.5 Å². The largest absolute Gasteiger partial charge is 0.393 e. The Kier molecular flexibility index (Phi) is 4.13. The summed E-state index contributed by atoms with van der Waals surface area (Å²) >= 11 is 0. The van der Waals surface area contributed by atoms with Crippen molar-refractivity contribution in [2.75, 3.05) is 5.73 Å². The van der Waals surface area contributed by atoms with Gasteiger partial charge in [0, 0.05) is 12.6 Å². The molecule has 21 heavy (non-hydrogen) atoms. The second-order valence-corrected chi connectivity index (χ2v) is 4.30. The van der Waals surface area contributed by atoms with E-state index in [9.17, 15) is 19.3 Å². The molecule has 0 aromatic heterocycles. The number of nitro benzene ring substituents is 1. The number of hydrogen-bond donors (Lipinski definition) is 2. The van der Waals surface area contributed by atoms with Crippen molar-refractivity contribution < 1.29 is 14.1 Å². The van der Waals surface area contributed by atoms with Crippen molar-refractivity contribution in [3.63, 3.8) is 0 Å². The lowest BCUT2D eigenvalue weighted by Crippen LogP contribution is -2.24. The van der Waals surface area contributed by atoms with E-state index < -0.39 is 10.8 Å². The van der Waals surface area contributed by atoms with E-state index in [1.54, 1.807) is 0 Å². The van der Waals surface area contributed by atoms with Gasteiger partial charge >= 0.3 is 0 Å². The van der Waals surface area contributed by atoms with Gasteiger partial charge in [-0.2, -0.15) is 0 Å². The number of benzene rings is 2. The van der Waals surface area contributed by atoms with E-state index in [4.69, 9.17) is 5.73 Å². The van der Waals surface area contributed by atoms with Crippen LogP contribution in [0.2, 0.25) is 0 Å². The standard InChI is InChI=1S/C14H12FN3O3/c15-10-6-4-9(5-7-10)8-17-14(19)11-2-1-3-12(13(11)16)18(20)21/h1-7H,8,16H2,(H,17,19). The predicted molar refractivity (Wildman–Crippen MR) is 75.1 cm³/mol. The summed E-state index contributed by atoms with van der Waals surface area (Å²) in [7, 11) is 0. The molecule has 3 N–H and O–H groups in total. The van der Waals surface area contributed by atoms with Crippen LogP contribution in [0.5, 0.6) is 0 Å². The topological polar surface area (TPSA) is 98.3 Å². The number of nitrogens with two attached hydrogens (primary N) is 1. The fraction of sp³-hybridized carbons (Fsp3) is 0.0714. The first-order valence-corrected chi connectivity index (χ1v) is 6.04. The highest BCUT2D eigenvalue weighted by molar-refractivity contribution is 6.00. The maximum absolute atomic E-state index is 12.8. The van der Waals surface area contributed by atoms with Gasteiger partial charge in [0.2, 0.25) is 0 Å². The Labute approximate surface area is 119 Å². The molecule has 2 aromatic carbocycles. The summed E-state index contributed by atoms with van der Waals surface area (Å²) in [5.41, 5.74) is 5.86. The van der Waals surface area contributed by atoms with Gasteiger partial charge in [-0.1, -0.05) is 18.2 Å². The van der Waals surface area contributed by atoms with Crippen LogP contribution in [-0.4, -0.2) is 10.8 Å². The minimum absolute atomic E-state index is 0.0336. The monoisotopic (exact) mass is 289 g/mol. The minimum atomic E-state index is -0.647. The quantitative estimate of drug-likeness (QED) is 0.512. The van der Waals surface area contributed by atoms with Crippen LogP contribution in [0.4, 0.5) is 15.8 Å². The Morgan fingerprint density at radius 2 is 1.90 bits per heavy atom. The molecule has 0 radical (unpaired) electrons. The molecule has 0 atom stereocenters. The summed E-state index contributed by atoms with van der Waals surface area (Å²) in [4.78, 5) is 22.1. The molecule has 0 unspecified atom stereocenters. The van der Waals surface area contributed by atoms with E-state index in [1.165, 1.54) is 42.5 Å². The second kappa shape index (κ2) is 6.00. The molecule has 0 spiro atoms. The molecule has 0 heterocycles. The number of halogens is 1. The maximum atomic E-state index is 12.8. The highest BCUT2D eigenvalue weighted by Gasteiger charge is 2.18. The molecule has 0 aliphatic heterocycles. The van der Waals surface area contributed by atoms with Gasteiger partial charge < -0.3 is 11.1 Å². The van der Waals surface area contributed by atoms with Crippen molar-refractivity contribution >= 4 is 17.3 Å². The molecule has 6 nitrogen and oxygen atoms in total. The minimum Gasteiger partial charge on any atom is -0.393 e. The molecule has 2 rings (SSSR count). The number of hydrogen-bond acceptors (Lipinski definition) is 4. The lowest BCUT2D eigenvalue weighted by molar-refractivity contribution is -0.383. The number of nitrogens with zero attached hydrogens (tertiary/aromatic N) is 1. The molecule has 0 fully saturated rings. The van der Waals surface area contributed by atoms with Gasteiger partial charge in [-0.3, -0.25) is 14.9 Å². The van der Waals surface area contributed by atoms with Crippen LogP contribution in [0.1, 0.15) is 15.9 Å². The number of amides is 1. The van der Waals surface area contributed by atoms with Gasteiger partial charge in [0.15, 0.2) is 0 Å². The SMILES string of the molecule is Nc1c(C(=O)NCc2ccc(F)cc2)cccc1[N+](=O)[O-]. The zero-order valence-electron chi connectivity index (χ0n) is 10.9. The van der Waals surface area contributed by atoms with Gasteiger partial charge in [0.05, 0.1) is 10.5 Å². The van der Waals surface area contributed by atoms with Crippen molar-refractivity contribution in [2.45, 2.75) is 6.54 Å². The number of nitro groups is 1. The Bertz CT molecular complexity index is 686. The van der Waals surface area contributed by atoms with Crippen molar-refractivity contribution in [2.24, 2.45) is 0 Å². The Morgan fingerprint density at radius 1 is 1.24 bits per heavy atom. The highest BCUT2D eigenvalue weighted by atomic mass is 19.1. The molecular formula is C14H12FN3O3. The summed E-state index contributed by atoms with van der Waals surface area (Å²) in [6, 6.07) is 9.65. The Morgan fingerprint density at radius 3 is 2.52 bits per heavy atom. The van der Waals surface area contributed by atoms with Crippen molar-refractivity contribution in [1.82, 2.24) is 5.32 Å². The molecular weight excluding hydrogens is 277 g/mol. The summed E-state index contributed by atoms with van der Waals surface area (Å²) in [6.45, 7) is 0.168. The highest BCUT2D eigenvalue weighted by Crippen LogP contribution is 2.24. The summed E-state index contributed by atoms with van der Waals surface area (Å²) < 4.78 is 12.8. The Hall–Kier alpha value is -2.96. The lowest BCUT2D eigenvalue weighted by Gasteiger charge is -2.08. The van der Waals surface area contributed by atoms with E-state index in [2.05, 4.69) is 5.32 Å². The third-order valence-electron chi connectivity index (χ3n) is 2.89. The molecule has 1 amide bonds. The van der Waals surface area contributed by atoms with E-state index in [1.807, 2.05) is 0 Å². The van der Waals surface area contributed by atoms with E-state index in [0.717, 1.165) is 0 Å². The van der Waals surface area contributed by atoms with E-state index >= 15 is 0 Å². The van der Waals surface area contributed by atoms with Gasteiger partial charge in [-0.25, -0.2) is 4.39 Å². The number of rotatable bonds is 4. The number of para-hydroxylation sites is 1. The lowest BCUT2D eigenvalue weighted by atomic mass is 10.1. The van der Waals surface area contributed by atoms with Crippen molar-refractivity contribution in [3.8, 4) is 0 Å². The van der Waals surface area contributed by atoms with Crippen LogP contribution >= 0.6 is 0 Å². The average molecular weight is 289 g/mol. The number of carbonyl (C=O) groups is 1. The van der Waals surface area contributed by atoms with Gasteiger partial charge in [-0.15, -0.1) is 0 Å². The van der Waals surface area contributed by atoms with Crippen molar-refractivity contribution in [1.29, 1.82) is 0 Å². The molecule has 108 valence electrons. The molecule has 0 bridgehead atoms. The molecule has 2 aromatic rings. The number of anilines is 1. The second-order valence-electron chi connectivity index (χ2n) is 4.30. The maximum Gasteiger partial charge on any atom is 0.292 e. The first-order chi connectivity index (χ1) is 9.99. The smallest absolute Gasteiger partial charge is 0.292 e. The van der Waals surface area contributed by atoms with Gasteiger partial charge in [0.25, 0.3) is 11.6 Å². The van der Waals surface area contributed by atoms with Gasteiger partial charge in [0.1, 0.15) is 11.5 Å². The summed E-state index contributed by atoms with van der Waals surface area (Å²) in [6.07, 6.45) is 0. The summed E-state index contributed by atoms with van der Waals surface area (Å²) in [5, 5.41) is 13.3. The number of nitrogens with one attached hydrogen (secondary N) is 1. The first kappa shape index (κ1) is 14.4. The molecule has 0 saturated heterocycles. The zero-order chi connectivity index (χ0) is 15.4. The third kappa shape index (κ3) is 3.33. The number of carbonyl (C=O) groups excluding carboxylic acids is 1. The first-order valence-electron chi connectivity index (χ1n) is 6.04. The normalized spacial score (nSPS) is 10.1. The fourth-order valence-electron chi connectivity index (χ4n) is 1.79. The van der Waals surface area contributed by atoms with Crippen LogP contribution in [0.3, 0.4) is 0 Å². The zero-order valence-corrected chi connectivity index (χ0v) is 10.9. The molecule has 0 aliphatic carbocycles. The average Bonchev–Trinajstić information content (AvgIpc) is 2.46. The van der Waals surface area contributed by atoms with Crippen LogP contribution in [0, 0.1) is 15.9 Å². The number of nitrogen functional groups attached to an aromatic ring is 1.